The van der Waals surface area contributed by atoms with Gasteiger partial charge < -0.3 is 4.74 Å². The predicted molar refractivity (Wildman–Crippen MR) is 74.7 cm³/mol. The van der Waals surface area contributed by atoms with Crippen molar-refractivity contribution < 1.29 is 4.74 Å². The second-order valence-electron chi connectivity index (χ2n) is 3.99. The van der Waals surface area contributed by atoms with Gasteiger partial charge in [0.1, 0.15) is 5.75 Å². The Morgan fingerprint density at radius 1 is 0.889 bits per heavy atom. The van der Waals surface area contributed by atoms with Crippen molar-refractivity contribution in [2.24, 2.45) is 0 Å². The van der Waals surface area contributed by atoms with Gasteiger partial charge in [-0.2, -0.15) is 0 Å². The third-order valence-electron chi connectivity index (χ3n) is 2.43. The number of ether oxygens (including phenoxy) is 1. The molecule has 0 saturated carbocycles. The van der Waals surface area contributed by atoms with Gasteiger partial charge in [0, 0.05) is 11.1 Å². The topological polar surface area (TPSA) is 9.23 Å². The van der Waals surface area contributed by atoms with E-state index in [1.165, 1.54) is 0 Å². The van der Waals surface area contributed by atoms with Gasteiger partial charge in [0.05, 0.1) is 6.61 Å². The van der Waals surface area contributed by atoms with E-state index in [4.69, 9.17) is 4.74 Å². The molecule has 0 radical (unpaired) electrons. The highest BCUT2D eigenvalue weighted by Gasteiger charge is 1.93. The van der Waals surface area contributed by atoms with Gasteiger partial charge >= 0.3 is 0 Å². The van der Waals surface area contributed by atoms with Crippen LogP contribution in [0.3, 0.4) is 0 Å². The van der Waals surface area contributed by atoms with Crippen LogP contribution in [0, 0.1) is 11.8 Å². The molecule has 90 valence electrons. The largest absolute Gasteiger partial charge is 0.494 e. The van der Waals surface area contributed by atoms with Crippen LogP contribution in [-0.2, 0) is 0 Å². The first-order valence-corrected chi connectivity index (χ1v) is 6.18. The van der Waals surface area contributed by atoms with Gasteiger partial charge in [0.15, 0.2) is 0 Å². The van der Waals surface area contributed by atoms with Crippen LogP contribution < -0.4 is 4.74 Å². The summed E-state index contributed by atoms with van der Waals surface area (Å²) in [5.41, 5.74) is 2.00. The van der Waals surface area contributed by atoms with E-state index in [1.807, 2.05) is 54.6 Å². The third kappa shape index (κ3) is 3.68. The summed E-state index contributed by atoms with van der Waals surface area (Å²) >= 11 is 0. The molecule has 0 fully saturated rings. The van der Waals surface area contributed by atoms with Gasteiger partial charge in [-0.15, -0.1) is 0 Å². The average Bonchev–Trinajstić information content (AvgIpc) is 2.44. The van der Waals surface area contributed by atoms with Crippen molar-refractivity contribution in [1.82, 2.24) is 0 Å². The fraction of sp³-hybridized carbons (Fsp3) is 0.176. The van der Waals surface area contributed by atoms with Gasteiger partial charge in [-0.3, -0.25) is 0 Å². The Morgan fingerprint density at radius 2 is 1.61 bits per heavy atom. The molecule has 0 spiro atoms. The molecule has 0 heterocycles. The quantitative estimate of drug-likeness (QED) is 0.735. The molecular formula is C17H16O. The standard InChI is InChI=1S/C17H16O/c1-2-13-18-17-10-6-9-16(14-17)12-11-15-7-4-3-5-8-15/h3-10,14H,2,13H2,1H3. The van der Waals surface area contributed by atoms with Gasteiger partial charge in [-0.05, 0) is 36.8 Å². The summed E-state index contributed by atoms with van der Waals surface area (Å²) in [5.74, 6) is 7.17. The van der Waals surface area contributed by atoms with E-state index in [0.29, 0.717) is 0 Å². The second kappa shape index (κ2) is 6.51. The Labute approximate surface area is 108 Å². The zero-order chi connectivity index (χ0) is 12.6. The monoisotopic (exact) mass is 236 g/mol. The van der Waals surface area contributed by atoms with E-state index in [1.54, 1.807) is 0 Å². The smallest absolute Gasteiger partial charge is 0.120 e. The van der Waals surface area contributed by atoms with E-state index in [-0.39, 0.29) is 0 Å². The van der Waals surface area contributed by atoms with Crippen molar-refractivity contribution in [1.29, 1.82) is 0 Å². The summed E-state index contributed by atoms with van der Waals surface area (Å²) in [7, 11) is 0. The van der Waals surface area contributed by atoms with Crippen LogP contribution >= 0.6 is 0 Å². The van der Waals surface area contributed by atoms with E-state index in [9.17, 15) is 0 Å². The summed E-state index contributed by atoms with van der Waals surface area (Å²) in [5, 5.41) is 0. The molecule has 18 heavy (non-hydrogen) atoms. The minimum Gasteiger partial charge on any atom is -0.494 e. The lowest BCUT2D eigenvalue weighted by Gasteiger charge is -2.03. The summed E-state index contributed by atoms with van der Waals surface area (Å²) in [4.78, 5) is 0. The number of rotatable bonds is 3. The van der Waals surface area contributed by atoms with Crippen LogP contribution in [0.4, 0.5) is 0 Å². The van der Waals surface area contributed by atoms with E-state index < -0.39 is 0 Å². The Hall–Kier alpha value is -2.20. The van der Waals surface area contributed by atoms with Crippen LogP contribution in [0.15, 0.2) is 54.6 Å². The predicted octanol–water partition coefficient (Wildman–Crippen LogP) is 3.88. The van der Waals surface area contributed by atoms with Crippen LogP contribution in [0.1, 0.15) is 24.5 Å². The molecule has 0 amide bonds. The van der Waals surface area contributed by atoms with Gasteiger partial charge in [-0.1, -0.05) is 43.0 Å². The molecule has 0 aliphatic heterocycles. The lowest BCUT2D eigenvalue weighted by atomic mass is 10.2. The molecule has 0 saturated heterocycles. The molecule has 0 unspecified atom stereocenters. The van der Waals surface area contributed by atoms with Crippen molar-refractivity contribution >= 4 is 0 Å². The molecule has 0 aromatic heterocycles. The maximum Gasteiger partial charge on any atom is 0.120 e. The maximum absolute atomic E-state index is 5.58. The van der Waals surface area contributed by atoms with Crippen molar-refractivity contribution in [3.05, 3.63) is 65.7 Å². The highest BCUT2D eigenvalue weighted by Crippen LogP contribution is 2.12. The van der Waals surface area contributed by atoms with Crippen molar-refractivity contribution in [2.45, 2.75) is 13.3 Å². The molecular weight excluding hydrogens is 220 g/mol. The fourth-order valence-corrected chi connectivity index (χ4v) is 1.55. The molecule has 0 N–H and O–H groups in total. The van der Waals surface area contributed by atoms with Gasteiger partial charge in [-0.25, -0.2) is 0 Å². The van der Waals surface area contributed by atoms with E-state index in [0.717, 1.165) is 29.9 Å². The first-order valence-electron chi connectivity index (χ1n) is 6.18. The minimum absolute atomic E-state index is 0.746. The Bertz CT molecular complexity index is 547. The molecule has 2 rings (SSSR count). The Kier molecular flexibility index (Phi) is 4.44. The third-order valence-corrected chi connectivity index (χ3v) is 2.43. The number of hydrogen-bond donors (Lipinski definition) is 0. The SMILES string of the molecule is CCCOc1cccc(C#Cc2ccccc2)c1. The van der Waals surface area contributed by atoms with Crippen LogP contribution in [0.5, 0.6) is 5.75 Å². The number of benzene rings is 2. The zero-order valence-electron chi connectivity index (χ0n) is 10.5. The molecule has 0 bridgehead atoms. The Morgan fingerprint density at radius 3 is 2.39 bits per heavy atom. The lowest BCUT2D eigenvalue weighted by molar-refractivity contribution is 0.317. The fourth-order valence-electron chi connectivity index (χ4n) is 1.55. The second-order valence-corrected chi connectivity index (χ2v) is 3.99. The molecule has 2 aromatic rings. The van der Waals surface area contributed by atoms with Crippen LogP contribution in [0.2, 0.25) is 0 Å². The van der Waals surface area contributed by atoms with Crippen LogP contribution in [0.25, 0.3) is 0 Å². The summed E-state index contributed by atoms with van der Waals surface area (Å²) in [6, 6.07) is 17.9. The molecule has 0 aliphatic carbocycles. The maximum atomic E-state index is 5.58. The lowest BCUT2D eigenvalue weighted by Crippen LogP contribution is -1.94. The molecule has 1 nitrogen and oxygen atoms in total. The Balaban J connectivity index is 2.12. The highest BCUT2D eigenvalue weighted by molar-refractivity contribution is 5.45. The van der Waals surface area contributed by atoms with Crippen molar-refractivity contribution in [2.75, 3.05) is 6.61 Å². The molecule has 2 aromatic carbocycles. The zero-order valence-corrected chi connectivity index (χ0v) is 10.5. The molecule has 0 atom stereocenters. The summed E-state index contributed by atoms with van der Waals surface area (Å²) in [6.07, 6.45) is 1.01. The number of hydrogen-bond acceptors (Lipinski definition) is 1. The van der Waals surface area contributed by atoms with E-state index >= 15 is 0 Å². The van der Waals surface area contributed by atoms with Crippen molar-refractivity contribution in [3.8, 4) is 17.6 Å². The van der Waals surface area contributed by atoms with Crippen molar-refractivity contribution in [3.63, 3.8) is 0 Å². The summed E-state index contributed by atoms with van der Waals surface area (Å²) in [6.45, 7) is 2.84. The van der Waals surface area contributed by atoms with Crippen LogP contribution in [-0.4, -0.2) is 6.61 Å². The van der Waals surface area contributed by atoms with E-state index in [2.05, 4.69) is 18.8 Å². The normalized spacial score (nSPS) is 9.39. The minimum atomic E-state index is 0.746. The molecule has 1 heteroatoms. The average molecular weight is 236 g/mol. The van der Waals surface area contributed by atoms with Gasteiger partial charge in [0.2, 0.25) is 0 Å². The first-order chi connectivity index (χ1) is 8.88. The first kappa shape index (κ1) is 12.3. The highest BCUT2D eigenvalue weighted by atomic mass is 16.5. The molecule has 0 aliphatic rings. The van der Waals surface area contributed by atoms with Gasteiger partial charge in [0.25, 0.3) is 0 Å². The summed E-state index contributed by atoms with van der Waals surface area (Å²) < 4.78 is 5.58.